The molecule has 0 aromatic heterocycles. The predicted molar refractivity (Wildman–Crippen MR) is 230 cm³/mol. The lowest BCUT2D eigenvalue weighted by Gasteiger charge is -2.50. The molecule has 3 aliphatic rings. The first-order valence-electron chi connectivity index (χ1n) is 22.4. The smallest absolute Gasteiger partial charge is 0.311 e. The van der Waals surface area contributed by atoms with Crippen molar-refractivity contribution in [3.8, 4) is 0 Å². The highest BCUT2D eigenvalue weighted by Crippen LogP contribution is 2.42. The van der Waals surface area contributed by atoms with Crippen molar-refractivity contribution in [2.24, 2.45) is 23.7 Å². The zero-order valence-electron chi connectivity index (χ0n) is 39.4. The van der Waals surface area contributed by atoms with Gasteiger partial charge in [-0.05, 0) is 93.3 Å². The molecule has 61 heavy (non-hydrogen) atoms. The lowest BCUT2D eigenvalue weighted by Crippen LogP contribution is -2.62. The van der Waals surface area contributed by atoms with Gasteiger partial charge in [0.1, 0.15) is 29.7 Å². The molecule has 0 aliphatic carbocycles. The van der Waals surface area contributed by atoms with Crippen molar-refractivity contribution in [3.05, 3.63) is 35.9 Å². The van der Waals surface area contributed by atoms with E-state index in [0.717, 1.165) is 12.8 Å². The average molecular weight is 866 g/mol. The molecule has 1 aromatic carbocycles. The van der Waals surface area contributed by atoms with Crippen LogP contribution in [-0.4, -0.2) is 151 Å². The van der Waals surface area contributed by atoms with Gasteiger partial charge in [0.05, 0.1) is 47.6 Å². The molecule has 0 radical (unpaired) electrons. The number of rotatable bonds is 13. The minimum absolute atomic E-state index is 0.0778. The van der Waals surface area contributed by atoms with Crippen LogP contribution in [0.3, 0.4) is 0 Å². The molecule has 3 fully saturated rings. The van der Waals surface area contributed by atoms with E-state index in [1.165, 1.54) is 19.6 Å². The van der Waals surface area contributed by atoms with Gasteiger partial charge < -0.3 is 58.1 Å². The van der Waals surface area contributed by atoms with E-state index in [1.54, 1.807) is 48.7 Å². The molecule has 14 heteroatoms. The van der Waals surface area contributed by atoms with Gasteiger partial charge in [0, 0.05) is 51.0 Å². The van der Waals surface area contributed by atoms with E-state index < -0.39 is 102 Å². The number of methoxy groups -OCH3 is 2. The minimum Gasteiger partial charge on any atom is -0.459 e. The SMILES string of the molecule is CC[C@H]1OC(=O)[C@H](C)[C@@H](O[C@H]2C[C@@](C)(OC)[C@@H](O)[C@H](C)O2)[C@H](C)[C@@H](O[C@@H]2O[C@H](C)C[C@H](N(C)C)[C@H]2OCCCc2ccccc2)[C@@](C)(OC)C[C@@H](C)C(=O)[C@H](C)[C@@H](O)[C@]1(C)O. The second kappa shape index (κ2) is 21.7. The van der Waals surface area contributed by atoms with Gasteiger partial charge in [0.25, 0.3) is 0 Å². The summed E-state index contributed by atoms with van der Waals surface area (Å²) >= 11 is 0. The number of nitrogens with zero attached hydrogens (tertiary/aromatic N) is 1. The Balaban J connectivity index is 1.84. The van der Waals surface area contributed by atoms with Crippen LogP contribution < -0.4 is 0 Å². The molecule has 0 bridgehead atoms. The topological polar surface area (TPSA) is 172 Å². The van der Waals surface area contributed by atoms with Crippen molar-refractivity contribution in [2.75, 3.05) is 34.9 Å². The molecule has 4 rings (SSSR count). The second-order valence-electron chi connectivity index (χ2n) is 19.1. The fourth-order valence-corrected chi connectivity index (χ4v) is 9.89. The molecule has 3 N–H and O–H groups in total. The van der Waals surface area contributed by atoms with E-state index in [1.807, 2.05) is 53.1 Å². The van der Waals surface area contributed by atoms with Crippen molar-refractivity contribution in [1.29, 1.82) is 0 Å². The molecular formula is C47H79NO13. The van der Waals surface area contributed by atoms with Crippen LogP contribution in [0, 0.1) is 23.7 Å². The summed E-state index contributed by atoms with van der Waals surface area (Å²) in [5.74, 6) is -4.35. The molecule has 0 unspecified atom stereocenters. The van der Waals surface area contributed by atoms with Crippen LogP contribution >= 0.6 is 0 Å². The molecule has 1 aromatic rings. The number of Topliss-reactive ketones (excluding diaryl/α,β-unsaturated/α-hetero) is 1. The number of cyclic esters (lactones) is 1. The molecule has 0 spiro atoms. The number of ketones is 1. The maximum absolute atomic E-state index is 14.4. The molecule has 0 saturated carbocycles. The van der Waals surface area contributed by atoms with Gasteiger partial charge in [-0.15, -0.1) is 0 Å². The lowest BCUT2D eigenvalue weighted by atomic mass is 9.74. The normalized spacial score (nSPS) is 43.5. The maximum atomic E-state index is 14.4. The number of likely N-dealkylation sites (N-methyl/N-ethyl adjacent to an activating group) is 1. The minimum atomic E-state index is -1.96. The second-order valence-corrected chi connectivity index (χ2v) is 19.1. The Morgan fingerprint density at radius 3 is 2.07 bits per heavy atom. The molecule has 14 nitrogen and oxygen atoms in total. The number of hydrogen-bond donors (Lipinski definition) is 3. The Labute approximate surface area is 365 Å². The third-order valence-corrected chi connectivity index (χ3v) is 14.0. The summed E-state index contributed by atoms with van der Waals surface area (Å²) in [5.41, 5.74) is -3.00. The van der Waals surface area contributed by atoms with Crippen LogP contribution in [-0.2, 0) is 53.9 Å². The van der Waals surface area contributed by atoms with Crippen LogP contribution in [0.15, 0.2) is 30.3 Å². The summed E-state index contributed by atoms with van der Waals surface area (Å²) in [6.07, 6.45) is -6.04. The number of hydrogen-bond acceptors (Lipinski definition) is 14. The highest BCUT2D eigenvalue weighted by molar-refractivity contribution is 5.83. The fourth-order valence-electron chi connectivity index (χ4n) is 9.89. The number of benzene rings is 1. The van der Waals surface area contributed by atoms with Crippen molar-refractivity contribution < 1.29 is 62.8 Å². The average Bonchev–Trinajstić information content (AvgIpc) is 3.23. The largest absolute Gasteiger partial charge is 0.459 e. The lowest BCUT2D eigenvalue weighted by molar-refractivity contribution is -0.322. The first kappa shape index (κ1) is 51.6. The van der Waals surface area contributed by atoms with Crippen LogP contribution in [0.5, 0.6) is 0 Å². The quantitative estimate of drug-likeness (QED) is 0.177. The Bertz CT molecular complexity index is 1530. The Kier molecular flexibility index (Phi) is 18.4. The van der Waals surface area contributed by atoms with Crippen molar-refractivity contribution in [1.82, 2.24) is 4.90 Å². The molecular weight excluding hydrogens is 787 g/mol. The van der Waals surface area contributed by atoms with E-state index in [2.05, 4.69) is 17.0 Å². The number of carbonyl (C=O) groups is 2. The zero-order chi connectivity index (χ0) is 45.6. The van der Waals surface area contributed by atoms with Crippen molar-refractivity contribution in [3.63, 3.8) is 0 Å². The molecule has 3 aliphatic heterocycles. The van der Waals surface area contributed by atoms with E-state index >= 15 is 0 Å². The van der Waals surface area contributed by atoms with E-state index in [4.69, 9.17) is 37.9 Å². The summed E-state index contributed by atoms with van der Waals surface area (Å²) in [4.78, 5) is 30.8. The fraction of sp³-hybridized carbons (Fsp3) is 0.830. The van der Waals surface area contributed by atoms with E-state index in [-0.39, 0.29) is 37.2 Å². The number of aliphatic hydroxyl groups excluding tert-OH is 2. The summed E-state index contributed by atoms with van der Waals surface area (Å²) in [6, 6.07) is 10.2. The van der Waals surface area contributed by atoms with Crippen molar-refractivity contribution >= 4 is 11.8 Å². The van der Waals surface area contributed by atoms with Gasteiger partial charge in [0.2, 0.25) is 0 Å². The van der Waals surface area contributed by atoms with Crippen LogP contribution in [0.25, 0.3) is 0 Å². The van der Waals surface area contributed by atoms with Gasteiger partial charge in [-0.25, -0.2) is 0 Å². The van der Waals surface area contributed by atoms with E-state index in [9.17, 15) is 24.9 Å². The Morgan fingerprint density at radius 1 is 0.836 bits per heavy atom. The highest BCUT2D eigenvalue weighted by atomic mass is 16.7. The standard InChI is InChI=1S/C47H79NO13/c1-15-35-47(10,53)40(50)29(4)37(49)27(2)25-46(9,55-14)42(30(5)38(31(6)43(52)59-35)60-36-26-45(8,54-13)41(51)32(7)58-36)61-44-39(34(48(11)12)24-28(3)57-44)56-23-19-22-33-20-17-16-18-21-33/h16-18,20-21,27-32,34-36,38-42,44,50-51,53H,15,19,22-26H2,1-14H3/t27-,28-,29+,30+,31-,32+,34+,35-,36+,38+,39-,40-,41+,42-,44+,45-,46+,47-/m1/s1. The number of ether oxygens (including phenoxy) is 8. The third-order valence-electron chi connectivity index (χ3n) is 14.0. The number of carbonyl (C=O) groups excluding carboxylic acids is 2. The number of aryl methyl sites for hydroxylation is 1. The summed E-state index contributed by atoms with van der Waals surface area (Å²) in [5, 5.41) is 34.4. The molecule has 0 amide bonds. The van der Waals surface area contributed by atoms with Gasteiger partial charge in [-0.1, -0.05) is 58.0 Å². The van der Waals surface area contributed by atoms with Crippen LogP contribution in [0.1, 0.15) is 107 Å². The third kappa shape index (κ3) is 12.0. The highest BCUT2D eigenvalue weighted by Gasteiger charge is 2.54. The zero-order valence-corrected chi connectivity index (χ0v) is 39.4. The van der Waals surface area contributed by atoms with Gasteiger partial charge >= 0.3 is 5.97 Å². The predicted octanol–water partition coefficient (Wildman–Crippen LogP) is 5.10. The summed E-state index contributed by atoms with van der Waals surface area (Å²) < 4.78 is 52.1. The van der Waals surface area contributed by atoms with Crippen LogP contribution in [0.4, 0.5) is 0 Å². The molecule has 3 saturated heterocycles. The van der Waals surface area contributed by atoms with Crippen LogP contribution in [0.2, 0.25) is 0 Å². The summed E-state index contributed by atoms with van der Waals surface area (Å²) in [7, 11) is 7.12. The Hall–Kier alpha value is -2.08. The first-order valence-corrected chi connectivity index (χ1v) is 22.4. The monoisotopic (exact) mass is 866 g/mol. The first-order chi connectivity index (χ1) is 28.5. The van der Waals surface area contributed by atoms with E-state index in [0.29, 0.717) is 13.0 Å². The van der Waals surface area contributed by atoms with Crippen molar-refractivity contribution in [2.45, 2.75) is 192 Å². The number of aliphatic hydroxyl groups is 3. The maximum Gasteiger partial charge on any atom is 0.311 e. The summed E-state index contributed by atoms with van der Waals surface area (Å²) in [6.45, 7) is 18.0. The van der Waals surface area contributed by atoms with Gasteiger partial charge in [0.15, 0.2) is 12.6 Å². The van der Waals surface area contributed by atoms with Gasteiger partial charge in [-0.3, -0.25) is 9.59 Å². The molecule has 3 heterocycles. The number of esters is 1. The molecule has 18 atom stereocenters. The molecule has 350 valence electrons. The van der Waals surface area contributed by atoms with Gasteiger partial charge in [-0.2, -0.15) is 0 Å². The Morgan fingerprint density at radius 2 is 1.48 bits per heavy atom.